The standard InChI is InChI=1S/C24H33N5O3/c1-19-3-4-21(15-20(19)2)27-25-18-22-16-23(29-8-12-31-13-9-29)17-24(26-22)32-14-7-28-5-10-30-11-6-28/h3-4,15-18,27H,5-14H2,1-2H3/b25-18-. The van der Waals surface area contributed by atoms with Crippen molar-refractivity contribution in [1.29, 1.82) is 0 Å². The Morgan fingerprint density at radius 3 is 2.50 bits per heavy atom. The van der Waals surface area contributed by atoms with E-state index in [9.17, 15) is 0 Å². The van der Waals surface area contributed by atoms with Gasteiger partial charge in [-0.15, -0.1) is 0 Å². The number of ether oxygens (including phenoxy) is 3. The van der Waals surface area contributed by atoms with Crippen LogP contribution in [0.2, 0.25) is 0 Å². The Bertz CT molecular complexity index is 909. The van der Waals surface area contributed by atoms with Crippen LogP contribution in [0.5, 0.6) is 5.88 Å². The van der Waals surface area contributed by atoms with Crippen LogP contribution in [0.15, 0.2) is 35.4 Å². The number of aromatic nitrogens is 1. The molecule has 0 bridgehead atoms. The van der Waals surface area contributed by atoms with Crippen molar-refractivity contribution < 1.29 is 14.2 Å². The van der Waals surface area contributed by atoms with Crippen LogP contribution < -0.4 is 15.1 Å². The molecule has 172 valence electrons. The summed E-state index contributed by atoms with van der Waals surface area (Å²) in [6, 6.07) is 10.3. The lowest BCUT2D eigenvalue weighted by Gasteiger charge is -2.29. The molecular weight excluding hydrogens is 406 g/mol. The summed E-state index contributed by atoms with van der Waals surface area (Å²) >= 11 is 0. The van der Waals surface area contributed by atoms with Gasteiger partial charge >= 0.3 is 0 Å². The maximum absolute atomic E-state index is 6.04. The summed E-state index contributed by atoms with van der Waals surface area (Å²) in [6.45, 7) is 12.3. The van der Waals surface area contributed by atoms with Crippen LogP contribution in [-0.2, 0) is 9.47 Å². The molecule has 2 fully saturated rings. The molecule has 8 heteroatoms. The van der Waals surface area contributed by atoms with Crippen LogP contribution >= 0.6 is 0 Å². The van der Waals surface area contributed by atoms with Crippen molar-refractivity contribution in [1.82, 2.24) is 9.88 Å². The van der Waals surface area contributed by atoms with Crippen molar-refractivity contribution in [3.63, 3.8) is 0 Å². The number of morpholine rings is 2. The summed E-state index contributed by atoms with van der Waals surface area (Å²) in [6.07, 6.45) is 1.74. The predicted molar refractivity (Wildman–Crippen MR) is 127 cm³/mol. The molecular formula is C24H33N5O3. The van der Waals surface area contributed by atoms with Crippen LogP contribution in [-0.4, -0.2) is 81.9 Å². The molecule has 8 nitrogen and oxygen atoms in total. The Morgan fingerprint density at radius 2 is 1.75 bits per heavy atom. The van der Waals surface area contributed by atoms with Crippen molar-refractivity contribution >= 4 is 17.6 Å². The Balaban J connectivity index is 1.44. The fourth-order valence-corrected chi connectivity index (χ4v) is 3.74. The summed E-state index contributed by atoms with van der Waals surface area (Å²) in [5, 5.41) is 4.41. The second-order valence-electron chi connectivity index (χ2n) is 8.16. The van der Waals surface area contributed by atoms with E-state index in [1.807, 2.05) is 18.2 Å². The predicted octanol–water partition coefficient (Wildman–Crippen LogP) is 2.69. The first-order valence-corrected chi connectivity index (χ1v) is 11.3. The van der Waals surface area contributed by atoms with Crippen LogP contribution in [0.3, 0.4) is 0 Å². The summed E-state index contributed by atoms with van der Waals surface area (Å²) in [5.74, 6) is 0.620. The summed E-state index contributed by atoms with van der Waals surface area (Å²) in [5.41, 5.74) is 8.39. The van der Waals surface area contributed by atoms with Crippen molar-refractivity contribution in [2.45, 2.75) is 13.8 Å². The largest absolute Gasteiger partial charge is 0.476 e. The van der Waals surface area contributed by atoms with Crippen molar-refractivity contribution in [2.24, 2.45) is 5.10 Å². The van der Waals surface area contributed by atoms with Crippen LogP contribution in [0.1, 0.15) is 16.8 Å². The topological polar surface area (TPSA) is 71.5 Å². The minimum atomic E-state index is 0.594. The zero-order chi connectivity index (χ0) is 22.2. The Morgan fingerprint density at radius 1 is 1.00 bits per heavy atom. The first-order valence-electron chi connectivity index (χ1n) is 11.3. The minimum Gasteiger partial charge on any atom is -0.476 e. The molecule has 0 saturated carbocycles. The molecule has 1 aromatic carbocycles. The molecule has 1 aromatic heterocycles. The summed E-state index contributed by atoms with van der Waals surface area (Å²) in [7, 11) is 0. The SMILES string of the molecule is Cc1ccc(N/N=C\c2cc(N3CCOCC3)cc(OCCN3CCOCC3)n2)cc1C. The van der Waals surface area contributed by atoms with Gasteiger partial charge in [0.1, 0.15) is 6.61 Å². The minimum absolute atomic E-state index is 0.594. The van der Waals surface area contributed by atoms with Crippen molar-refractivity contribution in [3.05, 3.63) is 47.2 Å². The third kappa shape index (κ3) is 6.41. The normalized spacial score (nSPS) is 17.6. The van der Waals surface area contributed by atoms with Crippen LogP contribution in [0, 0.1) is 13.8 Å². The molecule has 2 aliphatic rings. The fourth-order valence-electron chi connectivity index (χ4n) is 3.74. The molecule has 2 saturated heterocycles. The Kier molecular flexibility index (Phi) is 7.92. The van der Waals surface area contributed by atoms with Crippen molar-refractivity contribution in [2.75, 3.05) is 76.1 Å². The van der Waals surface area contributed by atoms with Gasteiger partial charge in [-0.1, -0.05) is 6.07 Å². The van der Waals surface area contributed by atoms with Gasteiger partial charge < -0.3 is 19.1 Å². The number of rotatable bonds is 8. The fraction of sp³-hybridized carbons (Fsp3) is 0.500. The first kappa shape index (κ1) is 22.5. The average Bonchev–Trinajstić information content (AvgIpc) is 2.83. The van der Waals surface area contributed by atoms with Gasteiger partial charge in [-0.25, -0.2) is 4.98 Å². The molecule has 0 spiro atoms. The van der Waals surface area contributed by atoms with E-state index in [2.05, 4.69) is 51.3 Å². The number of nitrogens with zero attached hydrogens (tertiary/aromatic N) is 4. The number of benzene rings is 1. The molecule has 0 aliphatic carbocycles. The average molecular weight is 440 g/mol. The number of aryl methyl sites for hydroxylation is 2. The smallest absolute Gasteiger partial charge is 0.215 e. The second kappa shape index (κ2) is 11.3. The van der Waals surface area contributed by atoms with Crippen LogP contribution in [0.4, 0.5) is 11.4 Å². The molecule has 0 radical (unpaired) electrons. The number of hydrogen-bond acceptors (Lipinski definition) is 8. The van der Waals surface area contributed by atoms with Gasteiger partial charge in [0.05, 0.1) is 44.0 Å². The zero-order valence-electron chi connectivity index (χ0n) is 19.0. The molecule has 32 heavy (non-hydrogen) atoms. The highest BCUT2D eigenvalue weighted by Gasteiger charge is 2.15. The van der Waals surface area contributed by atoms with Crippen molar-refractivity contribution in [3.8, 4) is 5.88 Å². The Hall–Kier alpha value is -2.68. The second-order valence-corrected chi connectivity index (χ2v) is 8.16. The molecule has 4 rings (SSSR count). The maximum atomic E-state index is 6.04. The third-order valence-corrected chi connectivity index (χ3v) is 5.84. The first-order chi connectivity index (χ1) is 15.7. The van der Waals surface area contributed by atoms with E-state index in [-0.39, 0.29) is 0 Å². The monoisotopic (exact) mass is 439 g/mol. The van der Waals surface area contributed by atoms with Crippen LogP contribution in [0.25, 0.3) is 0 Å². The quantitative estimate of drug-likeness (QED) is 0.501. The number of hydrazone groups is 1. The van der Waals surface area contributed by atoms with Gasteiger partial charge in [0, 0.05) is 44.5 Å². The van der Waals surface area contributed by atoms with E-state index in [0.29, 0.717) is 12.5 Å². The lowest BCUT2D eigenvalue weighted by atomic mass is 10.1. The summed E-state index contributed by atoms with van der Waals surface area (Å²) in [4.78, 5) is 9.31. The van der Waals surface area contributed by atoms with Gasteiger partial charge in [-0.2, -0.15) is 5.10 Å². The van der Waals surface area contributed by atoms with E-state index < -0.39 is 0 Å². The molecule has 3 heterocycles. The number of hydrogen-bond donors (Lipinski definition) is 1. The van der Waals surface area contributed by atoms with E-state index in [1.54, 1.807) is 6.21 Å². The maximum Gasteiger partial charge on any atom is 0.215 e. The molecule has 1 N–H and O–H groups in total. The van der Waals surface area contributed by atoms with Gasteiger partial charge in [0.15, 0.2) is 0 Å². The molecule has 2 aliphatic heterocycles. The van der Waals surface area contributed by atoms with E-state index >= 15 is 0 Å². The summed E-state index contributed by atoms with van der Waals surface area (Å²) < 4.78 is 17.0. The van der Waals surface area contributed by atoms with Gasteiger partial charge in [0.2, 0.25) is 5.88 Å². The third-order valence-electron chi connectivity index (χ3n) is 5.84. The highest BCUT2D eigenvalue weighted by atomic mass is 16.5. The van der Waals surface area contributed by atoms with Gasteiger partial charge in [0.25, 0.3) is 0 Å². The number of anilines is 2. The molecule has 0 unspecified atom stereocenters. The zero-order valence-corrected chi connectivity index (χ0v) is 19.0. The molecule has 0 amide bonds. The highest BCUT2D eigenvalue weighted by Crippen LogP contribution is 2.22. The number of nitrogens with one attached hydrogen (secondary N) is 1. The number of pyridine rings is 1. The van der Waals surface area contributed by atoms with Gasteiger partial charge in [-0.05, 0) is 43.2 Å². The lowest BCUT2D eigenvalue weighted by Crippen LogP contribution is -2.38. The van der Waals surface area contributed by atoms with E-state index in [1.165, 1.54) is 11.1 Å². The molecule has 0 atom stereocenters. The van der Waals surface area contributed by atoms with Gasteiger partial charge in [-0.3, -0.25) is 10.3 Å². The Labute approximate surface area is 190 Å². The van der Waals surface area contributed by atoms with E-state index in [0.717, 1.165) is 76.2 Å². The lowest BCUT2D eigenvalue weighted by molar-refractivity contribution is 0.0320. The molecule has 2 aromatic rings. The highest BCUT2D eigenvalue weighted by molar-refractivity contribution is 5.80. The van der Waals surface area contributed by atoms with E-state index in [4.69, 9.17) is 14.2 Å².